The van der Waals surface area contributed by atoms with Crippen molar-refractivity contribution in [2.24, 2.45) is 0 Å². The smallest absolute Gasteiger partial charge is 0.340 e. The minimum Gasteiger partial charge on any atom is -0.465 e. The Morgan fingerprint density at radius 2 is 2.31 bits per heavy atom. The second-order valence-electron chi connectivity index (χ2n) is 2.30. The van der Waals surface area contributed by atoms with Crippen LogP contribution in [0.15, 0.2) is 18.2 Å². The van der Waals surface area contributed by atoms with Gasteiger partial charge in [0.25, 0.3) is 0 Å². The molecule has 0 heterocycles. The van der Waals surface area contributed by atoms with Gasteiger partial charge in [-0.15, -0.1) is 6.42 Å². The summed E-state index contributed by atoms with van der Waals surface area (Å²) in [7, 11) is 1.18. The van der Waals surface area contributed by atoms with Crippen LogP contribution < -0.4 is 0 Å². The van der Waals surface area contributed by atoms with E-state index in [1.165, 1.54) is 25.3 Å². The lowest BCUT2D eigenvalue weighted by atomic mass is 10.1. The van der Waals surface area contributed by atoms with Crippen molar-refractivity contribution in [1.82, 2.24) is 0 Å². The van der Waals surface area contributed by atoms with Crippen LogP contribution in [-0.2, 0) is 4.74 Å². The standard InChI is InChI=1S/C10H7FO2/c1-3-7-5-4-6-8(9(7)11)10(12)13-2/h1,4-6H,2H3. The Bertz CT molecular complexity index is 377. The molecule has 0 aliphatic carbocycles. The van der Waals surface area contributed by atoms with E-state index in [9.17, 15) is 9.18 Å². The van der Waals surface area contributed by atoms with Gasteiger partial charge in [0, 0.05) is 0 Å². The summed E-state index contributed by atoms with van der Waals surface area (Å²) >= 11 is 0. The molecule has 0 aliphatic heterocycles. The number of hydrogen-bond donors (Lipinski definition) is 0. The Balaban J connectivity index is 3.25. The first kappa shape index (κ1) is 9.27. The topological polar surface area (TPSA) is 26.3 Å². The average Bonchev–Trinajstić information content (AvgIpc) is 2.17. The Morgan fingerprint density at radius 1 is 1.62 bits per heavy atom. The fourth-order valence-corrected chi connectivity index (χ4v) is 0.911. The monoisotopic (exact) mass is 178 g/mol. The van der Waals surface area contributed by atoms with E-state index in [2.05, 4.69) is 10.7 Å². The molecule has 1 aromatic carbocycles. The van der Waals surface area contributed by atoms with Crippen LogP contribution in [0.1, 0.15) is 15.9 Å². The number of ether oxygens (including phenoxy) is 1. The third-order valence-electron chi connectivity index (χ3n) is 1.56. The van der Waals surface area contributed by atoms with E-state index in [4.69, 9.17) is 6.42 Å². The quantitative estimate of drug-likeness (QED) is 0.482. The van der Waals surface area contributed by atoms with Gasteiger partial charge in [0.15, 0.2) is 5.82 Å². The second-order valence-corrected chi connectivity index (χ2v) is 2.30. The minimum atomic E-state index is -0.727. The van der Waals surface area contributed by atoms with Gasteiger partial charge in [-0.05, 0) is 12.1 Å². The number of terminal acetylenes is 1. The first-order valence-corrected chi connectivity index (χ1v) is 3.54. The number of benzene rings is 1. The highest BCUT2D eigenvalue weighted by molar-refractivity contribution is 5.90. The molecule has 0 saturated heterocycles. The number of halogens is 1. The molecule has 0 unspecified atom stereocenters. The SMILES string of the molecule is C#Cc1cccc(C(=O)OC)c1F. The predicted octanol–water partition coefficient (Wildman–Crippen LogP) is 1.59. The summed E-state index contributed by atoms with van der Waals surface area (Å²) in [6.07, 6.45) is 5.02. The zero-order valence-corrected chi connectivity index (χ0v) is 7.00. The summed E-state index contributed by atoms with van der Waals surface area (Å²) in [4.78, 5) is 11.0. The van der Waals surface area contributed by atoms with Crippen LogP contribution in [0.3, 0.4) is 0 Å². The third kappa shape index (κ3) is 1.67. The van der Waals surface area contributed by atoms with E-state index in [1.807, 2.05) is 0 Å². The maximum absolute atomic E-state index is 13.3. The van der Waals surface area contributed by atoms with E-state index < -0.39 is 11.8 Å². The van der Waals surface area contributed by atoms with Gasteiger partial charge in [-0.1, -0.05) is 12.0 Å². The largest absolute Gasteiger partial charge is 0.465 e. The van der Waals surface area contributed by atoms with Gasteiger partial charge in [0.1, 0.15) is 0 Å². The highest BCUT2D eigenvalue weighted by atomic mass is 19.1. The maximum Gasteiger partial charge on any atom is 0.340 e. The molecule has 0 amide bonds. The van der Waals surface area contributed by atoms with Crippen LogP contribution in [0.25, 0.3) is 0 Å². The van der Waals surface area contributed by atoms with Crippen LogP contribution in [0.5, 0.6) is 0 Å². The number of hydrogen-bond acceptors (Lipinski definition) is 2. The van der Waals surface area contributed by atoms with Gasteiger partial charge >= 0.3 is 5.97 Å². The van der Waals surface area contributed by atoms with Crippen molar-refractivity contribution in [3.8, 4) is 12.3 Å². The summed E-state index contributed by atoms with van der Waals surface area (Å²) in [5.41, 5.74) is -0.0825. The summed E-state index contributed by atoms with van der Waals surface area (Å²) in [6, 6.07) is 4.24. The van der Waals surface area contributed by atoms with Crippen LogP contribution in [0.2, 0.25) is 0 Å². The molecule has 0 atom stereocenters. The summed E-state index contributed by atoms with van der Waals surface area (Å²) < 4.78 is 17.6. The molecule has 0 fully saturated rings. The molecule has 0 spiro atoms. The van der Waals surface area contributed by atoms with Crippen molar-refractivity contribution in [2.75, 3.05) is 7.11 Å². The summed E-state index contributed by atoms with van der Waals surface area (Å²) in [5, 5.41) is 0. The van der Waals surface area contributed by atoms with Crippen molar-refractivity contribution < 1.29 is 13.9 Å². The molecule has 1 aromatic rings. The van der Waals surface area contributed by atoms with E-state index in [0.29, 0.717) is 0 Å². The van der Waals surface area contributed by atoms with Crippen molar-refractivity contribution >= 4 is 5.97 Å². The predicted molar refractivity (Wildman–Crippen MR) is 45.7 cm³/mol. The van der Waals surface area contributed by atoms with Crippen LogP contribution in [0, 0.1) is 18.2 Å². The number of methoxy groups -OCH3 is 1. The van der Waals surface area contributed by atoms with Gasteiger partial charge in [0.05, 0.1) is 18.2 Å². The molecule has 0 saturated carbocycles. The van der Waals surface area contributed by atoms with Crippen molar-refractivity contribution in [1.29, 1.82) is 0 Å². The van der Waals surface area contributed by atoms with Gasteiger partial charge in [-0.25, -0.2) is 9.18 Å². The molecule has 66 valence electrons. The molecule has 0 bridgehead atoms. The molecule has 1 rings (SSSR count). The lowest BCUT2D eigenvalue weighted by Crippen LogP contribution is -2.05. The van der Waals surface area contributed by atoms with Gasteiger partial charge in [-0.3, -0.25) is 0 Å². The maximum atomic E-state index is 13.3. The number of rotatable bonds is 1. The van der Waals surface area contributed by atoms with Gasteiger partial charge in [-0.2, -0.15) is 0 Å². The van der Waals surface area contributed by atoms with Crippen LogP contribution in [-0.4, -0.2) is 13.1 Å². The van der Waals surface area contributed by atoms with Crippen molar-refractivity contribution in [3.63, 3.8) is 0 Å². The number of carbonyl (C=O) groups is 1. The average molecular weight is 178 g/mol. The van der Waals surface area contributed by atoms with Crippen molar-refractivity contribution in [2.45, 2.75) is 0 Å². The highest BCUT2D eigenvalue weighted by Crippen LogP contribution is 2.12. The zero-order valence-electron chi connectivity index (χ0n) is 7.00. The Hall–Kier alpha value is -1.82. The molecule has 0 N–H and O–H groups in total. The third-order valence-corrected chi connectivity index (χ3v) is 1.56. The number of esters is 1. The zero-order chi connectivity index (χ0) is 9.84. The molecule has 3 heteroatoms. The minimum absolute atomic E-state index is 0.0582. The Morgan fingerprint density at radius 3 is 2.85 bits per heavy atom. The second kappa shape index (κ2) is 3.72. The van der Waals surface area contributed by atoms with E-state index >= 15 is 0 Å². The fraction of sp³-hybridized carbons (Fsp3) is 0.100. The normalized spacial score (nSPS) is 9.00. The molecule has 0 aromatic heterocycles. The fourth-order valence-electron chi connectivity index (χ4n) is 0.911. The molecule has 0 radical (unpaired) electrons. The molecular weight excluding hydrogens is 171 g/mol. The Labute approximate surface area is 75.3 Å². The van der Waals surface area contributed by atoms with Gasteiger partial charge in [0.2, 0.25) is 0 Å². The molecule has 13 heavy (non-hydrogen) atoms. The lowest BCUT2D eigenvalue weighted by molar-refractivity contribution is 0.0595. The van der Waals surface area contributed by atoms with Crippen molar-refractivity contribution in [3.05, 3.63) is 35.1 Å². The van der Waals surface area contributed by atoms with Crippen LogP contribution in [0.4, 0.5) is 4.39 Å². The summed E-state index contributed by atoms with van der Waals surface area (Å²) in [6.45, 7) is 0. The Kier molecular flexibility index (Phi) is 2.65. The van der Waals surface area contributed by atoms with E-state index in [-0.39, 0.29) is 11.1 Å². The van der Waals surface area contributed by atoms with Crippen LogP contribution >= 0.6 is 0 Å². The van der Waals surface area contributed by atoms with Gasteiger partial charge < -0.3 is 4.74 Å². The van der Waals surface area contributed by atoms with E-state index in [0.717, 1.165) is 0 Å². The summed E-state index contributed by atoms with van der Waals surface area (Å²) in [5.74, 6) is 0.693. The number of carbonyl (C=O) groups excluding carboxylic acids is 1. The highest BCUT2D eigenvalue weighted by Gasteiger charge is 2.13. The molecule has 0 aliphatic rings. The first-order valence-electron chi connectivity index (χ1n) is 3.54. The first-order chi connectivity index (χ1) is 6.20. The van der Waals surface area contributed by atoms with E-state index in [1.54, 1.807) is 0 Å². The lowest BCUT2D eigenvalue weighted by Gasteiger charge is -2.01. The molecular formula is C10H7FO2. The molecule has 2 nitrogen and oxygen atoms in total.